The fourth-order valence-corrected chi connectivity index (χ4v) is 3.25. The van der Waals surface area contributed by atoms with Gasteiger partial charge in [0.25, 0.3) is 5.89 Å². The van der Waals surface area contributed by atoms with Crippen molar-refractivity contribution in [2.75, 3.05) is 10.6 Å². The minimum atomic E-state index is 0.192. The van der Waals surface area contributed by atoms with Crippen molar-refractivity contribution in [3.8, 4) is 11.5 Å². The number of hydrogen-bond donors (Lipinski definition) is 2. The van der Waals surface area contributed by atoms with E-state index in [4.69, 9.17) is 13.9 Å². The lowest BCUT2D eigenvalue weighted by atomic mass is 10.0. The van der Waals surface area contributed by atoms with Gasteiger partial charge in [0.2, 0.25) is 5.88 Å². The maximum atomic E-state index is 5.89. The molecule has 0 saturated heterocycles. The molecule has 9 heteroatoms. The summed E-state index contributed by atoms with van der Waals surface area (Å²) in [6.07, 6.45) is 16.0. The highest BCUT2D eigenvalue weighted by Gasteiger charge is 2.18. The van der Waals surface area contributed by atoms with Gasteiger partial charge >= 0.3 is 6.01 Å². The fourth-order valence-electron chi connectivity index (χ4n) is 3.25. The van der Waals surface area contributed by atoms with Crippen molar-refractivity contribution in [3.05, 3.63) is 96.5 Å². The minimum Gasteiger partial charge on any atom is -0.463 e. The number of para-hydroxylation sites is 1. The zero-order valence-electron chi connectivity index (χ0n) is 17.1. The highest BCUT2D eigenvalue weighted by atomic mass is 16.6. The van der Waals surface area contributed by atoms with E-state index < -0.39 is 0 Å². The average molecular weight is 428 g/mol. The van der Waals surface area contributed by atoms with Crippen LogP contribution in [0.3, 0.4) is 0 Å². The Balaban J connectivity index is 1.27. The van der Waals surface area contributed by atoms with Crippen LogP contribution in [0, 0.1) is 0 Å². The van der Waals surface area contributed by atoms with Crippen molar-refractivity contribution in [3.63, 3.8) is 0 Å². The van der Waals surface area contributed by atoms with Crippen LogP contribution < -0.4 is 10.6 Å². The second kappa shape index (κ2) is 9.17. The quantitative estimate of drug-likeness (QED) is 0.562. The van der Waals surface area contributed by atoms with Gasteiger partial charge in [-0.3, -0.25) is 15.3 Å². The smallest absolute Gasteiger partial charge is 0.322 e. The molecule has 32 heavy (non-hydrogen) atoms. The highest BCUT2D eigenvalue weighted by molar-refractivity contribution is 5.72. The maximum Gasteiger partial charge on any atom is 0.322 e. The van der Waals surface area contributed by atoms with Crippen molar-refractivity contribution in [1.82, 2.24) is 20.2 Å². The molecule has 1 aliphatic carbocycles. The molecule has 0 amide bonds. The van der Waals surface area contributed by atoms with Gasteiger partial charge in [0.05, 0.1) is 24.0 Å². The van der Waals surface area contributed by atoms with E-state index in [-0.39, 0.29) is 6.01 Å². The Morgan fingerprint density at radius 3 is 2.91 bits per heavy atom. The summed E-state index contributed by atoms with van der Waals surface area (Å²) >= 11 is 0. The van der Waals surface area contributed by atoms with Gasteiger partial charge in [-0.25, -0.2) is 0 Å². The first-order valence-electron chi connectivity index (χ1n) is 10.1. The van der Waals surface area contributed by atoms with Crippen molar-refractivity contribution >= 4 is 11.7 Å². The first-order valence-corrected chi connectivity index (χ1v) is 10.1. The Labute approximate surface area is 184 Å². The van der Waals surface area contributed by atoms with Gasteiger partial charge < -0.3 is 19.2 Å². The van der Waals surface area contributed by atoms with Gasteiger partial charge in [0.1, 0.15) is 6.26 Å². The third kappa shape index (κ3) is 4.51. The predicted molar refractivity (Wildman–Crippen MR) is 118 cm³/mol. The number of anilines is 2. The molecule has 0 spiro atoms. The van der Waals surface area contributed by atoms with E-state index >= 15 is 0 Å². The van der Waals surface area contributed by atoms with Gasteiger partial charge in [-0.1, -0.05) is 35.5 Å². The van der Waals surface area contributed by atoms with Crippen LogP contribution in [0.1, 0.15) is 18.5 Å². The zero-order chi connectivity index (χ0) is 21.6. The van der Waals surface area contributed by atoms with Crippen LogP contribution in [-0.4, -0.2) is 20.2 Å². The number of rotatable bonds is 7. The lowest BCUT2D eigenvalue weighted by Crippen LogP contribution is -2.10. The van der Waals surface area contributed by atoms with Crippen molar-refractivity contribution in [2.24, 2.45) is 0 Å². The maximum absolute atomic E-state index is 5.89. The van der Waals surface area contributed by atoms with E-state index in [1.807, 2.05) is 36.4 Å². The summed E-state index contributed by atoms with van der Waals surface area (Å²) in [7, 11) is 0. The molecular weight excluding hydrogens is 408 g/mol. The molecule has 0 saturated carbocycles. The van der Waals surface area contributed by atoms with E-state index in [1.54, 1.807) is 24.9 Å². The molecule has 0 fully saturated rings. The molecule has 2 aliphatic rings. The van der Waals surface area contributed by atoms with E-state index in [0.29, 0.717) is 24.1 Å². The summed E-state index contributed by atoms with van der Waals surface area (Å²) < 4.78 is 17.1. The van der Waals surface area contributed by atoms with Gasteiger partial charge in [-0.2, -0.15) is 0 Å². The second-order valence-electron chi connectivity index (χ2n) is 6.99. The van der Waals surface area contributed by atoms with Crippen LogP contribution in [0.25, 0.3) is 11.5 Å². The van der Waals surface area contributed by atoms with Gasteiger partial charge in [-0.15, -0.1) is 5.10 Å². The Kier molecular flexibility index (Phi) is 5.60. The monoisotopic (exact) mass is 428 g/mol. The third-order valence-electron chi connectivity index (χ3n) is 4.79. The number of ether oxygens (including phenoxy) is 2. The van der Waals surface area contributed by atoms with Crippen molar-refractivity contribution in [1.29, 1.82) is 0 Å². The van der Waals surface area contributed by atoms with Crippen LogP contribution in [0.4, 0.5) is 11.7 Å². The summed E-state index contributed by atoms with van der Waals surface area (Å²) in [5, 5.41) is 14.6. The number of hydrogen-bond acceptors (Lipinski definition) is 9. The zero-order valence-corrected chi connectivity index (χ0v) is 17.1. The molecule has 3 aromatic rings. The Morgan fingerprint density at radius 1 is 1.06 bits per heavy atom. The lowest BCUT2D eigenvalue weighted by Gasteiger charge is -2.18. The molecule has 1 aliphatic heterocycles. The largest absolute Gasteiger partial charge is 0.463 e. The Hall–Kier alpha value is -4.40. The van der Waals surface area contributed by atoms with Crippen LogP contribution in [0.2, 0.25) is 0 Å². The molecule has 2 aromatic heterocycles. The number of nitrogens with one attached hydrogen (secondary N) is 2. The molecule has 3 heterocycles. The molecule has 160 valence electrons. The van der Waals surface area contributed by atoms with Crippen LogP contribution in [0.15, 0.2) is 95.2 Å². The standard InChI is InChI=1S/C23H20N6O3/c1-2-6-16(7-3-1)20-14-30-15-21(31-20)27-23-29-28-22(32-23)18-8-4-5-9-19(18)26-13-17-12-24-10-11-25-17/h1-2,4-6,8-12,14-15,26H,3,7,13H2,(H,27,29). The number of allylic oxidation sites excluding steroid dienone is 4. The summed E-state index contributed by atoms with van der Waals surface area (Å²) in [6, 6.07) is 7.87. The van der Waals surface area contributed by atoms with Gasteiger partial charge in [0, 0.05) is 18.1 Å². The summed E-state index contributed by atoms with van der Waals surface area (Å²) in [4.78, 5) is 8.36. The van der Waals surface area contributed by atoms with Crippen LogP contribution in [-0.2, 0) is 16.0 Å². The highest BCUT2D eigenvalue weighted by Crippen LogP contribution is 2.30. The summed E-state index contributed by atoms with van der Waals surface area (Å²) in [5.74, 6) is 1.38. The van der Waals surface area contributed by atoms with Crippen molar-refractivity contribution in [2.45, 2.75) is 19.4 Å². The van der Waals surface area contributed by atoms with Crippen LogP contribution >= 0.6 is 0 Å². The molecule has 0 unspecified atom stereocenters. The van der Waals surface area contributed by atoms with E-state index in [2.05, 4.69) is 36.9 Å². The summed E-state index contributed by atoms with van der Waals surface area (Å²) in [5.41, 5.74) is 3.50. The number of aromatic nitrogens is 4. The van der Waals surface area contributed by atoms with Crippen LogP contribution in [0.5, 0.6) is 0 Å². The predicted octanol–water partition coefficient (Wildman–Crippen LogP) is 4.51. The molecule has 0 radical (unpaired) electrons. The average Bonchev–Trinajstić information content (AvgIpc) is 3.32. The molecule has 9 nitrogen and oxygen atoms in total. The number of benzene rings is 1. The van der Waals surface area contributed by atoms with Gasteiger partial charge in [0.15, 0.2) is 12.0 Å². The van der Waals surface area contributed by atoms with E-state index in [9.17, 15) is 0 Å². The Morgan fingerprint density at radius 2 is 2.03 bits per heavy atom. The van der Waals surface area contributed by atoms with Gasteiger partial charge in [-0.05, 0) is 30.5 Å². The first kappa shape index (κ1) is 19.6. The molecule has 5 rings (SSSR count). The minimum absolute atomic E-state index is 0.192. The summed E-state index contributed by atoms with van der Waals surface area (Å²) in [6.45, 7) is 0.516. The number of nitrogens with zero attached hydrogens (tertiary/aromatic N) is 4. The third-order valence-corrected chi connectivity index (χ3v) is 4.79. The van der Waals surface area contributed by atoms with E-state index in [0.717, 1.165) is 35.4 Å². The second-order valence-corrected chi connectivity index (χ2v) is 6.99. The normalized spacial score (nSPS) is 15.1. The molecule has 0 atom stereocenters. The SMILES string of the molecule is C1=CCCC(C2=COC=C(Nc3nnc(-c4ccccc4NCc4cnccn4)o3)O2)=C1. The molecule has 2 N–H and O–H groups in total. The van der Waals surface area contributed by atoms with Crippen molar-refractivity contribution < 1.29 is 13.9 Å². The van der Waals surface area contributed by atoms with E-state index in [1.165, 1.54) is 6.26 Å². The topological polar surface area (TPSA) is 107 Å². The molecule has 0 bridgehead atoms. The first-order chi connectivity index (χ1) is 15.8. The fraction of sp³-hybridized carbons (Fsp3) is 0.130. The molecule has 1 aromatic carbocycles. The Bertz CT molecular complexity index is 1210. The lowest BCUT2D eigenvalue weighted by molar-refractivity contribution is 0.232. The molecular formula is C23H20N6O3.